The SMILES string of the molecule is CCN(C)C(=O)/C=C/CSc1nc(N)cc(SC)n1. The molecule has 104 valence electrons. The van der Waals surface area contributed by atoms with E-state index in [9.17, 15) is 4.79 Å². The fourth-order valence-electron chi connectivity index (χ4n) is 1.14. The molecule has 0 saturated carbocycles. The summed E-state index contributed by atoms with van der Waals surface area (Å²) in [6.07, 6.45) is 5.32. The first kappa shape index (κ1) is 15.8. The molecule has 0 aliphatic rings. The van der Waals surface area contributed by atoms with E-state index in [-0.39, 0.29) is 5.91 Å². The lowest BCUT2D eigenvalue weighted by Crippen LogP contribution is -2.23. The highest BCUT2D eigenvalue weighted by Gasteiger charge is 2.03. The molecule has 0 fully saturated rings. The first-order valence-electron chi connectivity index (χ1n) is 5.79. The van der Waals surface area contributed by atoms with Crippen molar-refractivity contribution >= 4 is 35.2 Å². The lowest BCUT2D eigenvalue weighted by Gasteiger charge is -2.10. The Balaban J connectivity index is 2.51. The molecule has 0 aliphatic heterocycles. The van der Waals surface area contributed by atoms with Crippen LogP contribution in [0.2, 0.25) is 0 Å². The molecule has 1 heterocycles. The van der Waals surface area contributed by atoms with E-state index >= 15 is 0 Å². The molecule has 2 N–H and O–H groups in total. The molecule has 0 aliphatic carbocycles. The van der Waals surface area contributed by atoms with E-state index in [0.717, 1.165) is 5.03 Å². The van der Waals surface area contributed by atoms with Crippen molar-refractivity contribution in [3.8, 4) is 0 Å². The summed E-state index contributed by atoms with van der Waals surface area (Å²) in [6.45, 7) is 2.64. The van der Waals surface area contributed by atoms with Crippen LogP contribution >= 0.6 is 23.5 Å². The number of carbonyl (C=O) groups excluding carboxylic acids is 1. The van der Waals surface area contributed by atoms with Gasteiger partial charge in [-0.15, -0.1) is 11.8 Å². The van der Waals surface area contributed by atoms with Gasteiger partial charge in [0.15, 0.2) is 5.16 Å². The molecule has 0 unspecified atom stereocenters. The van der Waals surface area contributed by atoms with Crippen LogP contribution < -0.4 is 5.73 Å². The number of thioether (sulfide) groups is 2. The number of nitrogen functional groups attached to an aromatic ring is 1. The Bertz CT molecular complexity index is 465. The normalized spacial score (nSPS) is 10.9. The fraction of sp³-hybridized carbons (Fsp3) is 0.417. The standard InChI is InChI=1S/C12H18N4OS2/c1-4-16(2)11(17)6-5-7-19-12-14-9(13)8-10(15-12)18-3/h5-6,8H,4,7H2,1-3H3,(H2,13,14,15)/b6-5+. The van der Waals surface area contributed by atoms with E-state index in [1.807, 2.05) is 19.3 Å². The predicted molar refractivity (Wildman–Crippen MR) is 81.4 cm³/mol. The van der Waals surface area contributed by atoms with Crippen molar-refractivity contribution in [3.05, 3.63) is 18.2 Å². The zero-order valence-electron chi connectivity index (χ0n) is 11.3. The van der Waals surface area contributed by atoms with Crippen LogP contribution in [0.25, 0.3) is 0 Å². The minimum absolute atomic E-state index is 0.00129. The third kappa shape index (κ3) is 5.52. The van der Waals surface area contributed by atoms with Crippen molar-refractivity contribution < 1.29 is 4.79 Å². The minimum Gasteiger partial charge on any atom is -0.384 e. The summed E-state index contributed by atoms with van der Waals surface area (Å²) in [6, 6.07) is 1.74. The zero-order valence-corrected chi connectivity index (χ0v) is 12.9. The van der Waals surface area contributed by atoms with Crippen molar-refractivity contribution in [1.29, 1.82) is 0 Å². The summed E-state index contributed by atoms with van der Waals surface area (Å²) >= 11 is 2.98. The number of hydrogen-bond donors (Lipinski definition) is 1. The Morgan fingerprint density at radius 1 is 1.53 bits per heavy atom. The Labute approximate surface area is 122 Å². The molecule has 5 nitrogen and oxygen atoms in total. The van der Waals surface area contributed by atoms with E-state index in [1.165, 1.54) is 23.5 Å². The van der Waals surface area contributed by atoms with Gasteiger partial charge in [0, 0.05) is 25.4 Å². The second-order valence-corrected chi connectivity index (χ2v) is 5.50. The van der Waals surface area contributed by atoms with Gasteiger partial charge < -0.3 is 10.6 Å². The molecule has 1 aromatic rings. The average molecular weight is 298 g/mol. The van der Waals surface area contributed by atoms with E-state index in [4.69, 9.17) is 5.73 Å². The van der Waals surface area contributed by atoms with Crippen LogP contribution in [0.4, 0.5) is 5.82 Å². The molecule has 0 spiro atoms. The summed E-state index contributed by atoms with van der Waals surface area (Å²) in [5.74, 6) is 1.11. The predicted octanol–water partition coefficient (Wildman–Crippen LogP) is 1.91. The van der Waals surface area contributed by atoms with Gasteiger partial charge >= 0.3 is 0 Å². The lowest BCUT2D eigenvalue weighted by molar-refractivity contribution is -0.124. The molecule has 1 aromatic heterocycles. The third-order valence-electron chi connectivity index (χ3n) is 2.33. The van der Waals surface area contributed by atoms with Gasteiger partial charge in [-0.1, -0.05) is 17.8 Å². The highest BCUT2D eigenvalue weighted by atomic mass is 32.2. The van der Waals surface area contributed by atoms with Gasteiger partial charge in [-0.3, -0.25) is 4.79 Å². The van der Waals surface area contributed by atoms with Crippen LogP contribution in [-0.2, 0) is 4.79 Å². The Morgan fingerprint density at radius 2 is 2.26 bits per heavy atom. The van der Waals surface area contributed by atoms with Crippen molar-refractivity contribution in [3.63, 3.8) is 0 Å². The van der Waals surface area contributed by atoms with Gasteiger partial charge in [0.05, 0.1) is 0 Å². The van der Waals surface area contributed by atoms with Crippen molar-refractivity contribution in [1.82, 2.24) is 14.9 Å². The molecular weight excluding hydrogens is 280 g/mol. The van der Waals surface area contributed by atoms with E-state index in [0.29, 0.717) is 23.3 Å². The van der Waals surface area contributed by atoms with Gasteiger partial charge in [-0.25, -0.2) is 9.97 Å². The number of carbonyl (C=O) groups is 1. The molecule has 0 radical (unpaired) electrons. The molecule has 19 heavy (non-hydrogen) atoms. The monoisotopic (exact) mass is 298 g/mol. The van der Waals surface area contributed by atoms with Crippen LogP contribution in [0.15, 0.2) is 28.4 Å². The smallest absolute Gasteiger partial charge is 0.245 e. The Hall–Kier alpha value is -1.21. The van der Waals surface area contributed by atoms with Gasteiger partial charge in [0.25, 0.3) is 0 Å². The quantitative estimate of drug-likeness (QED) is 0.374. The molecule has 0 bridgehead atoms. The van der Waals surface area contributed by atoms with E-state index in [1.54, 1.807) is 24.1 Å². The maximum atomic E-state index is 11.5. The van der Waals surface area contributed by atoms with Crippen LogP contribution in [0.5, 0.6) is 0 Å². The first-order chi connectivity index (χ1) is 9.06. The second kappa shape index (κ2) is 8.06. The number of nitrogens with two attached hydrogens (primary N) is 1. The van der Waals surface area contributed by atoms with Crippen LogP contribution in [0.1, 0.15) is 6.92 Å². The zero-order chi connectivity index (χ0) is 14.3. The van der Waals surface area contributed by atoms with Crippen LogP contribution in [0, 0.1) is 0 Å². The molecular formula is C12H18N4OS2. The summed E-state index contributed by atoms with van der Waals surface area (Å²) in [4.78, 5) is 21.6. The van der Waals surface area contributed by atoms with Crippen LogP contribution in [0.3, 0.4) is 0 Å². The van der Waals surface area contributed by atoms with Gasteiger partial charge in [0.2, 0.25) is 5.91 Å². The first-order valence-corrected chi connectivity index (χ1v) is 8.00. The summed E-state index contributed by atoms with van der Waals surface area (Å²) in [7, 11) is 1.77. The molecule has 0 aromatic carbocycles. The number of amides is 1. The van der Waals surface area contributed by atoms with Gasteiger partial charge in [-0.2, -0.15) is 0 Å². The summed E-state index contributed by atoms with van der Waals surface area (Å²) in [5, 5.41) is 1.48. The van der Waals surface area contributed by atoms with Crippen molar-refractivity contribution in [2.75, 3.05) is 31.3 Å². The number of anilines is 1. The Morgan fingerprint density at radius 3 is 2.89 bits per heavy atom. The highest BCUT2D eigenvalue weighted by Crippen LogP contribution is 2.20. The molecule has 0 atom stereocenters. The van der Waals surface area contributed by atoms with Crippen molar-refractivity contribution in [2.24, 2.45) is 0 Å². The van der Waals surface area contributed by atoms with Crippen molar-refractivity contribution in [2.45, 2.75) is 17.1 Å². The fourth-order valence-corrected chi connectivity index (χ4v) is 2.29. The number of aromatic nitrogens is 2. The maximum absolute atomic E-state index is 11.5. The molecule has 0 saturated heterocycles. The minimum atomic E-state index is 0.00129. The number of rotatable bonds is 6. The van der Waals surface area contributed by atoms with E-state index < -0.39 is 0 Å². The maximum Gasteiger partial charge on any atom is 0.245 e. The molecule has 1 amide bonds. The molecule has 1 rings (SSSR count). The second-order valence-electron chi connectivity index (χ2n) is 3.68. The lowest BCUT2D eigenvalue weighted by atomic mass is 10.4. The third-order valence-corrected chi connectivity index (χ3v) is 3.76. The summed E-state index contributed by atoms with van der Waals surface area (Å²) < 4.78 is 0. The van der Waals surface area contributed by atoms with Gasteiger partial charge in [0.1, 0.15) is 10.8 Å². The summed E-state index contributed by atoms with van der Waals surface area (Å²) in [5.41, 5.74) is 5.69. The number of hydrogen-bond acceptors (Lipinski definition) is 6. The van der Waals surface area contributed by atoms with Crippen LogP contribution in [-0.4, -0.2) is 46.4 Å². The van der Waals surface area contributed by atoms with Gasteiger partial charge in [-0.05, 0) is 19.3 Å². The number of likely N-dealkylation sites (N-methyl/N-ethyl adjacent to an activating group) is 1. The largest absolute Gasteiger partial charge is 0.384 e. The Kier molecular flexibility index (Phi) is 6.72. The topological polar surface area (TPSA) is 72.1 Å². The average Bonchev–Trinajstić information content (AvgIpc) is 2.41. The number of nitrogens with zero attached hydrogens (tertiary/aromatic N) is 3. The van der Waals surface area contributed by atoms with E-state index in [2.05, 4.69) is 9.97 Å². The molecule has 7 heteroatoms. The highest BCUT2D eigenvalue weighted by molar-refractivity contribution is 7.99.